The Morgan fingerprint density at radius 3 is 0.898 bits per heavy atom. The highest BCUT2D eigenvalue weighted by molar-refractivity contribution is 6.29. The smallest absolute Gasteiger partial charge is 0.0619 e. The Bertz CT molecular complexity index is 10700. The summed E-state index contributed by atoms with van der Waals surface area (Å²) in [6.45, 7) is 14.1. The third kappa shape index (κ3) is 12.4. The number of benzene rings is 23. The Morgan fingerprint density at radius 2 is 0.429 bits per heavy atom. The third-order valence-electron chi connectivity index (χ3n) is 33.3. The van der Waals surface area contributed by atoms with E-state index < -0.39 is 0 Å². The second-order valence-electron chi connectivity index (χ2n) is 42.1. The molecule has 0 spiro atoms. The molecule has 0 amide bonds. The molecule has 3 aliphatic rings. The maximum atomic E-state index is 2.48. The molecule has 692 valence electrons. The van der Waals surface area contributed by atoms with Crippen LogP contribution in [0, 0.1) is 0 Å². The first kappa shape index (κ1) is 84.3. The number of hydrogen-bond donors (Lipinski definition) is 0. The first-order valence-electron chi connectivity index (χ1n) is 51.5. The van der Waals surface area contributed by atoms with Gasteiger partial charge in [0.1, 0.15) is 0 Å². The predicted molar refractivity (Wildman–Crippen MR) is 621 cm³/mol. The first-order chi connectivity index (χ1) is 72.2. The minimum atomic E-state index is -0.0608. The first-order valence-corrected chi connectivity index (χ1v) is 51.5. The van der Waals surface area contributed by atoms with Crippen molar-refractivity contribution in [1.29, 1.82) is 0 Å². The Kier molecular flexibility index (Phi) is 18.3. The zero-order chi connectivity index (χ0) is 97.6. The van der Waals surface area contributed by atoms with Gasteiger partial charge in [0.15, 0.2) is 0 Å². The van der Waals surface area contributed by atoms with Crippen molar-refractivity contribution in [2.75, 3.05) is 0 Å². The molecule has 6 aromatic heterocycles. The summed E-state index contributed by atoms with van der Waals surface area (Å²) < 4.78 is 14.7. The molecule has 0 aliphatic heterocycles. The molecule has 0 N–H and O–H groups in total. The third-order valence-corrected chi connectivity index (χ3v) is 33.3. The van der Waals surface area contributed by atoms with Crippen LogP contribution >= 0.6 is 0 Å². The van der Waals surface area contributed by atoms with Crippen LogP contribution in [0.15, 0.2) is 485 Å². The maximum Gasteiger partial charge on any atom is 0.0619 e. The lowest BCUT2D eigenvalue weighted by atomic mass is 9.81. The van der Waals surface area contributed by atoms with Gasteiger partial charge >= 0.3 is 0 Å². The molecule has 0 bridgehead atoms. The van der Waals surface area contributed by atoms with Gasteiger partial charge in [0, 0.05) is 120 Å². The molecule has 6 nitrogen and oxygen atoms in total. The molecule has 0 radical (unpaired) electrons. The molecule has 6 heteroatoms. The lowest BCUT2D eigenvalue weighted by Crippen LogP contribution is -2.15. The summed E-state index contributed by atoms with van der Waals surface area (Å²) in [7, 11) is 0. The molecular weight excluding hydrogens is 1780 g/mol. The second kappa shape index (κ2) is 31.8. The Morgan fingerprint density at radius 1 is 0.136 bits per heavy atom. The molecule has 32 rings (SSSR count). The van der Waals surface area contributed by atoms with E-state index in [0.29, 0.717) is 0 Å². The average Bonchev–Trinajstić information content (AvgIpc) is 1.55. The molecule has 0 unspecified atom stereocenters. The largest absolute Gasteiger partial charge is 0.309 e. The average molecular weight is 1880 g/mol. The molecule has 29 aromatic rings. The van der Waals surface area contributed by atoms with Crippen molar-refractivity contribution in [3.63, 3.8) is 0 Å². The molecule has 0 saturated carbocycles. The van der Waals surface area contributed by atoms with Crippen LogP contribution < -0.4 is 0 Å². The van der Waals surface area contributed by atoms with Crippen LogP contribution in [-0.2, 0) is 16.2 Å². The van der Waals surface area contributed by atoms with E-state index in [2.05, 4.69) is 554 Å². The molecule has 3 aliphatic carbocycles. The van der Waals surface area contributed by atoms with Crippen molar-refractivity contribution >= 4 is 163 Å². The van der Waals surface area contributed by atoms with E-state index in [4.69, 9.17) is 0 Å². The van der Waals surface area contributed by atoms with Crippen molar-refractivity contribution in [1.82, 2.24) is 27.4 Å². The second-order valence-corrected chi connectivity index (χ2v) is 42.1. The topological polar surface area (TPSA) is 29.6 Å². The van der Waals surface area contributed by atoms with Gasteiger partial charge in [0.05, 0.1) is 66.2 Å². The monoisotopic (exact) mass is 1870 g/mol. The zero-order valence-electron chi connectivity index (χ0n) is 82.4. The molecule has 0 fully saturated rings. The molecule has 23 aromatic carbocycles. The molecule has 147 heavy (non-hydrogen) atoms. The van der Waals surface area contributed by atoms with E-state index in [1.54, 1.807) is 0 Å². The van der Waals surface area contributed by atoms with Crippen molar-refractivity contribution < 1.29 is 0 Å². The minimum Gasteiger partial charge on any atom is -0.309 e. The fourth-order valence-corrected chi connectivity index (χ4v) is 26.4. The summed E-state index contributed by atoms with van der Waals surface area (Å²) in [6.07, 6.45) is 0. The maximum absolute atomic E-state index is 2.48. The summed E-state index contributed by atoms with van der Waals surface area (Å²) >= 11 is 0. The van der Waals surface area contributed by atoms with E-state index >= 15 is 0 Å². The number of nitrogens with zero attached hydrogens (tertiary/aromatic N) is 6. The SMILES string of the molecule is CC1(C)c2ccccc2-c2ccc(-c3ccc(-n4c5ccccc5c5cc6c7c8ccccc8ccc7n(-c7ccccc7)c6cc54)cc3)cc21.CC1(C)c2ccccc2-c2ccc(-c3cccc(-n4c5ccccc5c5cc6c7c8ccccc8ccc7n(-c7ccccc7)c6cc54)c3)cc21.CC1(C)c2ccccc2-c2ccc(-n3c4ccccc4c4cc5c6ccc7ccccc7c6n(-c6ccccc6)c5cc43)cc21. The van der Waals surface area contributed by atoms with Crippen LogP contribution in [0.3, 0.4) is 0 Å². The van der Waals surface area contributed by atoms with Gasteiger partial charge in [-0.3, -0.25) is 0 Å². The number of rotatable bonds is 8. The van der Waals surface area contributed by atoms with Crippen molar-refractivity contribution in [3.8, 4) is 89.8 Å². The number of aromatic nitrogens is 6. The van der Waals surface area contributed by atoms with Crippen LogP contribution in [0.1, 0.15) is 74.9 Å². The van der Waals surface area contributed by atoms with Gasteiger partial charge in [-0.15, -0.1) is 0 Å². The minimum absolute atomic E-state index is 0.0231. The quantitative estimate of drug-likeness (QED) is 0.145. The van der Waals surface area contributed by atoms with Crippen LogP contribution in [0.25, 0.3) is 253 Å². The van der Waals surface area contributed by atoms with Crippen molar-refractivity contribution in [2.24, 2.45) is 0 Å². The fourth-order valence-electron chi connectivity index (χ4n) is 26.4. The van der Waals surface area contributed by atoms with Gasteiger partial charge in [0.2, 0.25) is 0 Å². The molecule has 6 heterocycles. The van der Waals surface area contributed by atoms with Gasteiger partial charge in [0.25, 0.3) is 0 Å². The van der Waals surface area contributed by atoms with E-state index in [1.165, 1.54) is 275 Å². The predicted octanol–water partition coefficient (Wildman–Crippen LogP) is 37.4. The number of hydrogen-bond acceptors (Lipinski definition) is 0. The number of fused-ring (bicyclic) bond motifs is 33. The Labute approximate surface area is 850 Å². The molecule has 0 atom stereocenters. The van der Waals surface area contributed by atoms with E-state index in [9.17, 15) is 0 Å². The van der Waals surface area contributed by atoms with Crippen LogP contribution in [0.2, 0.25) is 0 Å². The van der Waals surface area contributed by atoms with Crippen molar-refractivity contribution in [2.45, 2.75) is 57.8 Å². The normalized spacial score (nSPS) is 13.5. The van der Waals surface area contributed by atoms with E-state index in [1.807, 2.05) is 0 Å². The summed E-state index contributed by atoms with van der Waals surface area (Å²) in [5.41, 5.74) is 43.0. The highest BCUT2D eigenvalue weighted by Gasteiger charge is 2.39. The standard InChI is InChI=1S/2C49H34N2.C43H30N2/c1-49(2)42-21-10-8-19-37(42)38-25-23-33(28-43(38)49)32-14-12-17-35(27-32)51-44-22-11-9-20-39(44)40-29-41-47(30-46(40)51)50(34-15-4-3-5-16-34)45-26-24-31-13-6-7-18-36(31)48(41)45;1-49(2)42-18-10-8-16-37(42)38-26-22-33(28-43(38)49)31-20-24-35(25-21-31)50-44-19-11-9-17-39(44)40-29-41-47(30-46(40)50)51(34-13-4-3-5-14-34)45-27-23-32-12-6-7-15-36(32)48(41)45;1-43(2)37-18-10-8-16-31(37)32-23-21-29(24-38(32)43)44-39-19-11-9-17-33(39)35-25-36-34-22-20-27-12-6-7-15-30(27)42(34)45(41(36)26-40(35)44)28-13-4-3-5-14-28/h2*3-30H,1-2H3;3-26H,1-2H3. The Balaban J connectivity index is 0.000000102. The lowest BCUT2D eigenvalue weighted by molar-refractivity contribution is 0.660. The van der Waals surface area contributed by atoms with E-state index in [0.717, 1.165) is 11.4 Å². The Hall–Kier alpha value is -18.4. The van der Waals surface area contributed by atoms with Crippen LogP contribution in [0.4, 0.5) is 0 Å². The van der Waals surface area contributed by atoms with E-state index in [-0.39, 0.29) is 16.2 Å². The zero-order valence-corrected chi connectivity index (χ0v) is 82.4. The van der Waals surface area contributed by atoms with Gasteiger partial charge in [-0.05, 0) is 268 Å². The summed E-state index contributed by atoms with van der Waals surface area (Å²) in [5, 5.41) is 22.9. The van der Waals surface area contributed by atoms with Crippen molar-refractivity contribution in [3.05, 3.63) is 519 Å². The van der Waals surface area contributed by atoms with Gasteiger partial charge in [-0.1, -0.05) is 375 Å². The molecule has 0 saturated heterocycles. The summed E-state index contributed by atoms with van der Waals surface area (Å²) in [6, 6.07) is 180. The summed E-state index contributed by atoms with van der Waals surface area (Å²) in [5.74, 6) is 0. The van der Waals surface area contributed by atoms with Gasteiger partial charge in [-0.2, -0.15) is 0 Å². The van der Waals surface area contributed by atoms with Crippen LogP contribution in [-0.4, -0.2) is 27.4 Å². The summed E-state index contributed by atoms with van der Waals surface area (Å²) in [4.78, 5) is 0. The molecular formula is C141H98N6. The fraction of sp³-hybridized carbons (Fsp3) is 0.0638. The lowest BCUT2D eigenvalue weighted by Gasteiger charge is -2.22. The number of para-hydroxylation sites is 6. The highest BCUT2D eigenvalue weighted by Crippen LogP contribution is 2.56. The highest BCUT2D eigenvalue weighted by atomic mass is 15.0. The van der Waals surface area contributed by atoms with Crippen LogP contribution in [0.5, 0.6) is 0 Å². The van der Waals surface area contributed by atoms with Gasteiger partial charge in [-0.25, -0.2) is 0 Å². The van der Waals surface area contributed by atoms with Gasteiger partial charge < -0.3 is 27.4 Å².